The molecule has 1 aliphatic carbocycles. The monoisotopic (exact) mass is 670 g/mol. The van der Waals surface area contributed by atoms with E-state index in [4.69, 9.17) is 15.2 Å². The first-order valence-corrected chi connectivity index (χ1v) is 16.4. The van der Waals surface area contributed by atoms with E-state index in [0.29, 0.717) is 54.7 Å². The van der Waals surface area contributed by atoms with Gasteiger partial charge in [-0.3, -0.25) is 4.79 Å². The van der Waals surface area contributed by atoms with Crippen LogP contribution in [-0.4, -0.2) is 70.7 Å². The quantitative estimate of drug-likeness (QED) is 0.267. The Morgan fingerprint density at radius 2 is 1.60 bits per heavy atom. The number of amides is 2. The third-order valence-electron chi connectivity index (χ3n) is 9.08. The van der Waals surface area contributed by atoms with Gasteiger partial charge in [0, 0.05) is 49.2 Å². The lowest BCUT2D eigenvalue weighted by atomic mass is 9.77. The van der Waals surface area contributed by atoms with Gasteiger partial charge in [-0.1, -0.05) is 0 Å². The molecular weight excluding hydrogens is 625 g/mol. The van der Waals surface area contributed by atoms with E-state index < -0.39 is 23.4 Å². The first-order chi connectivity index (χ1) is 22.5. The normalized spacial score (nSPS) is 19.6. The fourth-order valence-electron chi connectivity index (χ4n) is 6.62. The van der Waals surface area contributed by atoms with Gasteiger partial charge >= 0.3 is 12.3 Å². The van der Waals surface area contributed by atoms with E-state index in [-0.39, 0.29) is 29.5 Å². The molecule has 48 heavy (non-hydrogen) atoms. The van der Waals surface area contributed by atoms with Crippen LogP contribution in [0.15, 0.2) is 30.3 Å². The summed E-state index contributed by atoms with van der Waals surface area (Å²) >= 11 is 0. The van der Waals surface area contributed by atoms with Crippen LogP contribution in [0.3, 0.4) is 0 Å². The summed E-state index contributed by atoms with van der Waals surface area (Å²) in [5.41, 5.74) is 6.50. The topological polar surface area (TPSA) is 123 Å². The molecule has 1 aliphatic heterocycles. The minimum Gasteiger partial charge on any atom is -0.496 e. The van der Waals surface area contributed by atoms with Gasteiger partial charge in [0.1, 0.15) is 23.0 Å². The molecule has 3 N–H and O–H groups in total. The molecule has 2 heterocycles. The van der Waals surface area contributed by atoms with Crippen molar-refractivity contribution in [3.05, 3.63) is 52.8 Å². The Kier molecular flexibility index (Phi) is 9.98. The van der Waals surface area contributed by atoms with E-state index in [0.717, 1.165) is 48.8 Å². The molecule has 1 saturated heterocycles. The predicted octanol–water partition coefficient (Wildman–Crippen LogP) is 7.07. The lowest BCUT2D eigenvalue weighted by Crippen LogP contribution is -2.53. The molecule has 10 nitrogen and oxygen atoms in total. The number of aromatic nitrogens is 2. The molecule has 13 heteroatoms. The SMILES string of the molecule is COc1cc2nc(C)nc(N[C@H](C)c3cc(N)cc(C(F)(F)F)c3)c2cc1[C@H]1CC[C@H](C(=O)N2CCN(C(=O)OC(C)(C)C)CC2)CC1. The molecule has 2 aromatic carbocycles. The second-order valence-corrected chi connectivity index (χ2v) is 13.8. The lowest BCUT2D eigenvalue weighted by molar-refractivity contribution is -0.138. The van der Waals surface area contributed by atoms with Crippen LogP contribution >= 0.6 is 0 Å². The Bertz CT molecular complexity index is 1660. The number of nitrogen functional groups attached to an aromatic ring is 1. The molecule has 0 bridgehead atoms. The smallest absolute Gasteiger partial charge is 0.416 e. The highest BCUT2D eigenvalue weighted by Gasteiger charge is 2.35. The number of fused-ring (bicyclic) bond motifs is 1. The molecule has 0 radical (unpaired) electrons. The molecule has 1 atom stereocenters. The van der Waals surface area contributed by atoms with Gasteiger partial charge in [-0.15, -0.1) is 0 Å². The number of carbonyl (C=O) groups is 2. The van der Waals surface area contributed by atoms with Gasteiger partial charge in [-0.25, -0.2) is 14.8 Å². The number of carbonyl (C=O) groups excluding carboxylic acids is 2. The highest BCUT2D eigenvalue weighted by Crippen LogP contribution is 2.43. The summed E-state index contributed by atoms with van der Waals surface area (Å²) in [7, 11) is 1.62. The van der Waals surface area contributed by atoms with Crippen molar-refractivity contribution in [3.63, 3.8) is 0 Å². The zero-order valence-electron chi connectivity index (χ0n) is 28.4. The van der Waals surface area contributed by atoms with Crippen molar-refractivity contribution in [1.82, 2.24) is 19.8 Å². The van der Waals surface area contributed by atoms with Crippen molar-refractivity contribution >= 4 is 34.4 Å². The van der Waals surface area contributed by atoms with Crippen molar-refractivity contribution in [2.75, 3.05) is 44.3 Å². The van der Waals surface area contributed by atoms with Gasteiger partial charge < -0.3 is 30.3 Å². The van der Waals surface area contributed by atoms with Crippen LogP contribution in [0, 0.1) is 12.8 Å². The fraction of sp³-hybridized carbons (Fsp3) is 0.543. The number of hydrogen-bond donors (Lipinski definition) is 2. The van der Waals surface area contributed by atoms with E-state index in [1.165, 1.54) is 6.07 Å². The average molecular weight is 671 g/mol. The van der Waals surface area contributed by atoms with E-state index >= 15 is 0 Å². The number of alkyl halides is 3. The van der Waals surface area contributed by atoms with Crippen LogP contribution in [0.25, 0.3) is 10.9 Å². The summed E-state index contributed by atoms with van der Waals surface area (Å²) < 4.78 is 51.8. The molecule has 260 valence electrons. The van der Waals surface area contributed by atoms with Crippen molar-refractivity contribution in [2.24, 2.45) is 5.92 Å². The van der Waals surface area contributed by atoms with Crippen molar-refractivity contribution in [2.45, 2.75) is 84.0 Å². The van der Waals surface area contributed by atoms with E-state index in [1.54, 1.807) is 25.9 Å². The van der Waals surface area contributed by atoms with Gasteiger partial charge in [0.25, 0.3) is 0 Å². The van der Waals surface area contributed by atoms with Crippen LogP contribution in [0.5, 0.6) is 5.75 Å². The predicted molar refractivity (Wildman–Crippen MR) is 178 cm³/mol. The van der Waals surface area contributed by atoms with E-state index in [9.17, 15) is 22.8 Å². The number of aryl methyl sites for hydroxylation is 1. The highest BCUT2D eigenvalue weighted by atomic mass is 19.4. The van der Waals surface area contributed by atoms with Crippen molar-refractivity contribution in [1.29, 1.82) is 0 Å². The van der Waals surface area contributed by atoms with Gasteiger partial charge in [0.2, 0.25) is 5.91 Å². The third kappa shape index (κ3) is 8.04. The number of ether oxygens (including phenoxy) is 2. The molecule has 1 saturated carbocycles. The molecule has 0 unspecified atom stereocenters. The van der Waals surface area contributed by atoms with Crippen molar-refractivity contribution in [3.8, 4) is 5.75 Å². The maximum Gasteiger partial charge on any atom is 0.416 e. The number of nitrogens with one attached hydrogen (secondary N) is 1. The molecule has 3 aromatic rings. The van der Waals surface area contributed by atoms with Crippen LogP contribution in [0.1, 0.15) is 87.9 Å². The van der Waals surface area contributed by atoms with Gasteiger partial charge in [0.15, 0.2) is 0 Å². The Hall–Kier alpha value is -4.29. The van der Waals surface area contributed by atoms with E-state index in [1.807, 2.05) is 37.8 Å². The zero-order valence-corrected chi connectivity index (χ0v) is 28.4. The number of methoxy groups -OCH3 is 1. The number of benzene rings is 2. The minimum absolute atomic E-state index is 0.0290. The second kappa shape index (κ2) is 13.7. The van der Waals surface area contributed by atoms with Gasteiger partial charge in [-0.2, -0.15) is 13.2 Å². The molecule has 2 amide bonds. The van der Waals surface area contributed by atoms with Crippen LogP contribution in [0.4, 0.5) is 29.5 Å². The van der Waals surface area contributed by atoms with Crippen LogP contribution < -0.4 is 15.8 Å². The van der Waals surface area contributed by atoms with Crippen LogP contribution in [-0.2, 0) is 15.7 Å². The fourth-order valence-corrected chi connectivity index (χ4v) is 6.62. The number of nitrogens with two attached hydrogens (primary N) is 1. The van der Waals surface area contributed by atoms with Gasteiger partial charge in [-0.05, 0) is 102 Å². The third-order valence-corrected chi connectivity index (χ3v) is 9.08. The first-order valence-electron chi connectivity index (χ1n) is 16.4. The average Bonchev–Trinajstić information content (AvgIpc) is 3.02. The maximum absolute atomic E-state index is 13.5. The molecule has 2 fully saturated rings. The Labute approximate surface area is 279 Å². The number of halogens is 3. The van der Waals surface area contributed by atoms with E-state index in [2.05, 4.69) is 15.3 Å². The summed E-state index contributed by atoms with van der Waals surface area (Å²) in [6.07, 6.45) is -1.86. The lowest BCUT2D eigenvalue weighted by Gasteiger charge is -2.38. The Balaban J connectivity index is 1.29. The summed E-state index contributed by atoms with van der Waals surface area (Å²) in [5.74, 6) is 1.86. The summed E-state index contributed by atoms with van der Waals surface area (Å²) in [5, 5.41) is 4.02. The zero-order chi connectivity index (χ0) is 35.0. The number of piperazine rings is 1. The van der Waals surface area contributed by atoms with Gasteiger partial charge in [0.05, 0.1) is 24.2 Å². The summed E-state index contributed by atoms with van der Waals surface area (Å²) in [6.45, 7) is 10.9. The van der Waals surface area contributed by atoms with Crippen molar-refractivity contribution < 1.29 is 32.2 Å². The van der Waals surface area contributed by atoms with Crippen LogP contribution in [0.2, 0.25) is 0 Å². The minimum atomic E-state index is -4.52. The number of nitrogens with zero attached hydrogens (tertiary/aromatic N) is 4. The molecule has 2 aliphatic rings. The summed E-state index contributed by atoms with van der Waals surface area (Å²) in [6, 6.07) is 6.89. The largest absolute Gasteiger partial charge is 0.496 e. The molecule has 0 spiro atoms. The summed E-state index contributed by atoms with van der Waals surface area (Å²) in [4.78, 5) is 38.7. The highest BCUT2D eigenvalue weighted by molar-refractivity contribution is 5.91. The number of rotatable bonds is 6. The first kappa shape index (κ1) is 35.0. The molecule has 5 rings (SSSR count). The maximum atomic E-state index is 13.5. The molecule has 1 aromatic heterocycles. The number of anilines is 2. The molecular formula is C35H45F3N6O4. The second-order valence-electron chi connectivity index (χ2n) is 13.8. The Morgan fingerprint density at radius 1 is 0.958 bits per heavy atom. The Morgan fingerprint density at radius 3 is 2.21 bits per heavy atom. The number of hydrogen-bond acceptors (Lipinski definition) is 8. The standard InChI is InChI=1S/C35H45F3N6O4/c1-20(24-15-25(35(36,37)38)17-26(39)16-24)40-31-28-18-27(30(47-6)19-29(28)41-21(2)42-31)22-7-9-23(10-8-22)32(45)43-11-13-44(14-12-43)33(46)48-34(3,4)5/h15-20,22-23H,7-14,39H2,1-6H3,(H,40,41,42)/t20-,22-,23-/m1/s1.